The number of para-hydroxylation sites is 1. The van der Waals surface area contributed by atoms with E-state index in [2.05, 4.69) is 16.2 Å². The number of methoxy groups -OCH3 is 1. The van der Waals surface area contributed by atoms with E-state index in [0.717, 1.165) is 32.7 Å². The highest BCUT2D eigenvalue weighted by atomic mass is 32.2. The number of hydrogen-bond donors (Lipinski definition) is 0. The van der Waals surface area contributed by atoms with Gasteiger partial charge in [-0.3, -0.25) is 9.48 Å². The van der Waals surface area contributed by atoms with Gasteiger partial charge in [-0.15, -0.1) is 11.8 Å². The van der Waals surface area contributed by atoms with Crippen LogP contribution in [0, 0.1) is 0 Å². The third-order valence-corrected chi connectivity index (χ3v) is 5.07. The van der Waals surface area contributed by atoms with Crippen LogP contribution in [0.25, 0.3) is 17.0 Å². The number of aromatic nitrogens is 2. The molecule has 3 aromatic rings. The fourth-order valence-electron chi connectivity index (χ4n) is 2.88. The Labute approximate surface area is 162 Å². The first kappa shape index (κ1) is 18.9. The van der Waals surface area contributed by atoms with Crippen LogP contribution in [0.2, 0.25) is 0 Å². The molecule has 1 aromatic heterocycles. The number of hydrogen-bond acceptors (Lipinski definition) is 4. The van der Waals surface area contributed by atoms with Crippen molar-refractivity contribution in [2.24, 2.45) is 4.99 Å². The summed E-state index contributed by atoms with van der Waals surface area (Å²) in [5.74, 6) is 0.857. The Morgan fingerprint density at radius 1 is 1.30 bits per heavy atom. The molecule has 2 aromatic carbocycles. The predicted octanol–water partition coefficient (Wildman–Crippen LogP) is 4.41. The summed E-state index contributed by atoms with van der Waals surface area (Å²) < 4.78 is 7.34. The fourth-order valence-corrected chi connectivity index (χ4v) is 3.48. The van der Waals surface area contributed by atoms with Crippen LogP contribution in [-0.2, 0) is 11.3 Å². The second kappa shape index (κ2) is 8.68. The Kier molecular flexibility index (Phi) is 6.08. The average molecular weight is 379 g/mol. The van der Waals surface area contributed by atoms with E-state index in [1.54, 1.807) is 18.9 Å². The van der Waals surface area contributed by atoms with Crippen LogP contribution in [0.3, 0.4) is 0 Å². The zero-order valence-electron chi connectivity index (χ0n) is 15.5. The average Bonchev–Trinajstić information content (AvgIpc) is 3.08. The minimum atomic E-state index is 0.574. The molecule has 0 saturated carbocycles. The molecular weight excluding hydrogens is 358 g/mol. The van der Waals surface area contributed by atoms with Gasteiger partial charge < -0.3 is 4.74 Å². The third kappa shape index (κ3) is 4.46. The summed E-state index contributed by atoms with van der Waals surface area (Å²) in [6, 6.07) is 14.1. The summed E-state index contributed by atoms with van der Waals surface area (Å²) in [4.78, 5) is 15.4. The van der Waals surface area contributed by atoms with Gasteiger partial charge in [-0.2, -0.15) is 5.10 Å². The summed E-state index contributed by atoms with van der Waals surface area (Å²) in [6.45, 7) is 2.48. The lowest BCUT2D eigenvalue weighted by atomic mass is 10.1. The van der Waals surface area contributed by atoms with Crippen molar-refractivity contribution in [1.29, 1.82) is 0 Å². The zero-order valence-corrected chi connectivity index (χ0v) is 16.4. The summed E-state index contributed by atoms with van der Waals surface area (Å²) in [5.41, 5.74) is 3.78. The van der Waals surface area contributed by atoms with Crippen molar-refractivity contribution in [3.05, 3.63) is 64.7 Å². The molecule has 0 radical (unpaired) electrons. The third-order valence-electron chi connectivity index (χ3n) is 4.22. The quantitative estimate of drug-likeness (QED) is 0.451. The molecule has 0 fully saturated rings. The van der Waals surface area contributed by atoms with Crippen molar-refractivity contribution in [2.75, 3.05) is 13.4 Å². The van der Waals surface area contributed by atoms with Crippen LogP contribution >= 0.6 is 11.8 Å². The van der Waals surface area contributed by atoms with Gasteiger partial charge in [0.1, 0.15) is 5.75 Å². The number of amides is 1. The van der Waals surface area contributed by atoms with Crippen molar-refractivity contribution < 1.29 is 9.53 Å². The molecule has 138 valence electrons. The molecule has 0 aliphatic rings. The van der Waals surface area contributed by atoms with Crippen LogP contribution < -0.4 is 4.74 Å². The predicted molar refractivity (Wildman–Crippen MR) is 112 cm³/mol. The lowest BCUT2D eigenvalue weighted by Gasteiger charge is -2.07. The number of benzene rings is 2. The highest BCUT2D eigenvalue weighted by molar-refractivity contribution is 8.03. The number of fused-ring (bicyclic) bond motifs is 1. The van der Waals surface area contributed by atoms with Crippen LogP contribution in [-0.4, -0.2) is 35.3 Å². The molecule has 27 heavy (non-hydrogen) atoms. The molecule has 6 heteroatoms. The SMILES string of the molecule is COc1ccccc1Cn1cc2cc(/C=C(\SC)C(C)=NC=O)ccc2n1. The number of ether oxygens (including phenoxy) is 1. The monoisotopic (exact) mass is 379 g/mol. The van der Waals surface area contributed by atoms with Gasteiger partial charge in [0.25, 0.3) is 0 Å². The van der Waals surface area contributed by atoms with Gasteiger partial charge >= 0.3 is 0 Å². The summed E-state index contributed by atoms with van der Waals surface area (Å²) >= 11 is 1.57. The molecule has 1 amide bonds. The Balaban J connectivity index is 1.91. The molecular formula is C21H21N3O2S. The van der Waals surface area contributed by atoms with Gasteiger partial charge in [0.05, 0.1) is 24.9 Å². The summed E-state index contributed by atoms with van der Waals surface area (Å²) in [7, 11) is 1.68. The molecule has 0 aliphatic heterocycles. The lowest BCUT2D eigenvalue weighted by Crippen LogP contribution is -2.01. The van der Waals surface area contributed by atoms with Crippen molar-refractivity contribution in [3.63, 3.8) is 0 Å². The molecule has 0 saturated heterocycles. The van der Waals surface area contributed by atoms with Crippen molar-refractivity contribution >= 4 is 40.9 Å². The second-order valence-electron chi connectivity index (χ2n) is 5.99. The smallest absolute Gasteiger partial charge is 0.233 e. The van der Waals surface area contributed by atoms with Crippen LogP contribution in [0.1, 0.15) is 18.1 Å². The molecule has 0 N–H and O–H groups in total. The summed E-state index contributed by atoms with van der Waals surface area (Å²) in [6.07, 6.45) is 6.61. The van der Waals surface area contributed by atoms with E-state index >= 15 is 0 Å². The van der Waals surface area contributed by atoms with E-state index < -0.39 is 0 Å². The first-order valence-electron chi connectivity index (χ1n) is 8.48. The van der Waals surface area contributed by atoms with Gasteiger partial charge in [-0.1, -0.05) is 24.3 Å². The van der Waals surface area contributed by atoms with Gasteiger partial charge in [-0.05, 0) is 43.0 Å². The first-order valence-corrected chi connectivity index (χ1v) is 9.70. The highest BCUT2D eigenvalue weighted by Crippen LogP contribution is 2.23. The number of nitrogens with zero attached hydrogens (tertiary/aromatic N) is 3. The van der Waals surface area contributed by atoms with Crippen LogP contribution in [0.4, 0.5) is 0 Å². The van der Waals surface area contributed by atoms with E-state index in [0.29, 0.717) is 18.7 Å². The van der Waals surface area contributed by atoms with E-state index in [4.69, 9.17) is 4.74 Å². The largest absolute Gasteiger partial charge is 0.496 e. The van der Waals surface area contributed by atoms with Crippen LogP contribution in [0.15, 0.2) is 58.6 Å². The van der Waals surface area contributed by atoms with E-state index in [-0.39, 0.29) is 0 Å². The first-order chi connectivity index (χ1) is 13.1. The second-order valence-corrected chi connectivity index (χ2v) is 6.84. The van der Waals surface area contributed by atoms with E-state index in [9.17, 15) is 4.79 Å². The Hall–Kier alpha value is -2.86. The van der Waals surface area contributed by atoms with Crippen molar-refractivity contribution in [3.8, 4) is 5.75 Å². The van der Waals surface area contributed by atoms with Gasteiger partial charge in [0, 0.05) is 22.1 Å². The van der Waals surface area contributed by atoms with Gasteiger partial charge in [0.15, 0.2) is 0 Å². The Morgan fingerprint density at radius 3 is 2.85 bits per heavy atom. The zero-order chi connectivity index (χ0) is 19.2. The lowest BCUT2D eigenvalue weighted by molar-refractivity contribution is -0.106. The number of carbonyl (C=O) groups is 1. The Morgan fingerprint density at radius 2 is 2.11 bits per heavy atom. The minimum Gasteiger partial charge on any atom is -0.496 e. The number of carbonyl (C=O) groups excluding carboxylic acids is 1. The number of rotatable bonds is 7. The molecule has 0 atom stereocenters. The molecule has 0 bridgehead atoms. The summed E-state index contributed by atoms with van der Waals surface area (Å²) in [5, 5.41) is 5.71. The van der Waals surface area contributed by atoms with E-state index in [1.165, 1.54) is 0 Å². The molecule has 5 nitrogen and oxygen atoms in total. The number of allylic oxidation sites excluding steroid dienone is 1. The molecule has 0 spiro atoms. The number of thioether (sulfide) groups is 1. The maximum absolute atomic E-state index is 10.6. The van der Waals surface area contributed by atoms with Crippen LogP contribution in [0.5, 0.6) is 5.75 Å². The number of aliphatic imine (C=N–C) groups is 1. The Bertz CT molecular complexity index is 1020. The molecule has 0 unspecified atom stereocenters. The molecule has 3 rings (SSSR count). The maximum Gasteiger partial charge on any atom is 0.233 e. The molecule has 0 aliphatic carbocycles. The van der Waals surface area contributed by atoms with Crippen molar-refractivity contribution in [2.45, 2.75) is 13.5 Å². The standard InChI is InChI=1S/C21H21N3O2S/c1-15(22-14-25)21(27-3)11-16-8-9-19-18(10-16)13-24(23-19)12-17-6-4-5-7-20(17)26-2/h4-11,13-14H,12H2,1-3H3/b21-11-,22-15?. The topological polar surface area (TPSA) is 56.5 Å². The normalized spacial score (nSPS) is 12.4. The highest BCUT2D eigenvalue weighted by Gasteiger charge is 2.07. The maximum atomic E-state index is 10.6. The van der Waals surface area contributed by atoms with Gasteiger partial charge in [-0.25, -0.2) is 4.99 Å². The fraction of sp³-hybridized carbons (Fsp3) is 0.190. The van der Waals surface area contributed by atoms with Crippen molar-refractivity contribution in [1.82, 2.24) is 9.78 Å². The minimum absolute atomic E-state index is 0.574. The van der Waals surface area contributed by atoms with Gasteiger partial charge in [0.2, 0.25) is 6.41 Å². The molecule has 1 heterocycles. The van der Waals surface area contributed by atoms with E-state index in [1.807, 2.05) is 66.5 Å².